The number of phenolic OH excluding ortho intramolecular Hbond substituents is 1. The summed E-state index contributed by atoms with van der Waals surface area (Å²) in [4.78, 5) is 26.3. The van der Waals surface area contributed by atoms with Crippen molar-refractivity contribution in [3.63, 3.8) is 0 Å². The summed E-state index contributed by atoms with van der Waals surface area (Å²) >= 11 is 3.51. The van der Waals surface area contributed by atoms with E-state index in [0.717, 1.165) is 76.8 Å². The third-order valence-corrected chi connectivity index (χ3v) is 12.3. The van der Waals surface area contributed by atoms with Crippen LogP contribution in [0.25, 0.3) is 33.2 Å². The SMILES string of the molecule is CC(=O)n1c(O)c(C(=NCCOCCOCCOCCCCC2CCC(n3nc(-c4ccc(Oc5ccccc5)cc4)c4c(N)ncnc43)CC2)c2cccc(O)c2)c2cc(Br)ccc21. The van der Waals surface area contributed by atoms with Crippen LogP contribution in [-0.4, -0.2) is 92.3 Å². The van der Waals surface area contributed by atoms with Crippen LogP contribution in [0.15, 0.2) is 113 Å². The number of halogens is 1. The number of hydrogen-bond acceptors (Lipinski definition) is 12. The van der Waals surface area contributed by atoms with E-state index in [9.17, 15) is 15.0 Å². The number of anilines is 1. The van der Waals surface area contributed by atoms with Crippen molar-refractivity contribution in [1.82, 2.24) is 24.3 Å². The Balaban J connectivity index is 0.723. The van der Waals surface area contributed by atoms with Gasteiger partial charge in [0.25, 0.3) is 0 Å². The number of benzene rings is 4. The van der Waals surface area contributed by atoms with Gasteiger partial charge in [0, 0.05) is 34.5 Å². The molecule has 0 unspecified atom stereocenters. The van der Waals surface area contributed by atoms with Crippen molar-refractivity contribution in [3.05, 3.63) is 119 Å². The van der Waals surface area contributed by atoms with Gasteiger partial charge in [-0.25, -0.2) is 14.6 Å². The standard InChI is InChI=1S/C50H54BrN7O7/c1-33(59)57-43-22-17-37(51)31-42(43)44(50(57)61)46(36-9-7-10-39(60)30-36)53-23-25-63-27-29-64-28-26-62-24-6-5-8-34-13-18-38(19-14-34)58-49-45(48(52)54-32-55-49)47(56-58)35-15-20-41(21-16-35)65-40-11-3-2-4-12-40/h2-4,7,9-12,15-17,20-22,30-32,34,38,60-61H,5-6,8,13-14,18-19,23-29H2,1H3,(H2,52,54,55). The van der Waals surface area contributed by atoms with E-state index >= 15 is 0 Å². The van der Waals surface area contributed by atoms with Crippen LogP contribution in [0.2, 0.25) is 0 Å². The number of unbranched alkanes of at least 4 members (excludes halogenated alkanes) is 1. The Morgan fingerprint density at radius 1 is 0.815 bits per heavy atom. The molecule has 338 valence electrons. The van der Waals surface area contributed by atoms with E-state index in [1.54, 1.807) is 30.3 Å². The second-order valence-corrected chi connectivity index (χ2v) is 17.1. The Morgan fingerprint density at radius 3 is 2.28 bits per heavy atom. The van der Waals surface area contributed by atoms with Crippen LogP contribution in [0, 0.1) is 5.92 Å². The largest absolute Gasteiger partial charge is 0.508 e. The fraction of sp³-hybridized carbons (Fsp3) is 0.340. The molecule has 0 spiro atoms. The van der Waals surface area contributed by atoms with Crippen molar-refractivity contribution in [2.24, 2.45) is 10.9 Å². The average molecular weight is 945 g/mol. The molecule has 4 N–H and O–H groups in total. The fourth-order valence-corrected chi connectivity index (χ4v) is 8.97. The summed E-state index contributed by atoms with van der Waals surface area (Å²) in [5.41, 5.74) is 10.9. The van der Waals surface area contributed by atoms with Gasteiger partial charge in [0.15, 0.2) is 5.65 Å². The molecule has 14 nitrogen and oxygen atoms in total. The van der Waals surface area contributed by atoms with Crippen LogP contribution in [0.5, 0.6) is 23.1 Å². The summed E-state index contributed by atoms with van der Waals surface area (Å²) in [6, 6.07) is 30.0. The minimum Gasteiger partial charge on any atom is -0.508 e. The number of ether oxygens (including phenoxy) is 4. The molecule has 1 saturated carbocycles. The summed E-state index contributed by atoms with van der Waals surface area (Å²) in [6.07, 6.45) is 9.20. The molecule has 0 radical (unpaired) electrons. The zero-order valence-corrected chi connectivity index (χ0v) is 38.0. The number of carbonyl (C=O) groups is 1. The summed E-state index contributed by atoms with van der Waals surface area (Å²) < 4.78 is 27.5. The molecule has 1 aliphatic carbocycles. The smallest absolute Gasteiger partial charge is 0.230 e. The lowest BCUT2D eigenvalue weighted by molar-refractivity contribution is 0.0152. The van der Waals surface area contributed by atoms with E-state index in [2.05, 4.69) is 30.6 Å². The number of aromatic hydroxyl groups is 2. The van der Waals surface area contributed by atoms with E-state index < -0.39 is 0 Å². The number of phenols is 1. The van der Waals surface area contributed by atoms with Crippen LogP contribution in [-0.2, 0) is 14.2 Å². The summed E-state index contributed by atoms with van der Waals surface area (Å²) in [5.74, 6) is 2.16. The number of nitrogens with two attached hydrogens (primary N) is 1. The highest BCUT2D eigenvalue weighted by atomic mass is 79.9. The Kier molecular flexibility index (Phi) is 15.2. The minimum atomic E-state index is -0.330. The summed E-state index contributed by atoms with van der Waals surface area (Å²) in [5, 5.41) is 28.0. The third-order valence-electron chi connectivity index (χ3n) is 11.8. The molecule has 0 aliphatic heterocycles. The van der Waals surface area contributed by atoms with Crippen molar-refractivity contribution < 1.29 is 34.0 Å². The number of carbonyl (C=O) groups excluding carboxylic acids is 1. The van der Waals surface area contributed by atoms with Gasteiger partial charge >= 0.3 is 0 Å². The second-order valence-electron chi connectivity index (χ2n) is 16.2. The summed E-state index contributed by atoms with van der Waals surface area (Å²) in [7, 11) is 0. The van der Waals surface area contributed by atoms with E-state index in [4.69, 9.17) is 34.8 Å². The van der Waals surface area contributed by atoms with Crippen molar-refractivity contribution in [1.29, 1.82) is 0 Å². The first kappa shape index (κ1) is 45.4. The number of aromatic nitrogens is 5. The molecule has 15 heteroatoms. The van der Waals surface area contributed by atoms with Gasteiger partial charge in [-0.2, -0.15) is 5.10 Å². The molecule has 8 rings (SSSR count). The monoisotopic (exact) mass is 943 g/mol. The first-order chi connectivity index (χ1) is 31.7. The highest BCUT2D eigenvalue weighted by molar-refractivity contribution is 9.10. The van der Waals surface area contributed by atoms with Crippen molar-refractivity contribution >= 4 is 55.3 Å². The van der Waals surface area contributed by atoms with Crippen LogP contribution in [0.1, 0.15) is 73.8 Å². The number of para-hydroxylation sites is 1. The quantitative estimate of drug-likeness (QED) is 0.0489. The number of rotatable bonds is 20. The van der Waals surface area contributed by atoms with Crippen molar-refractivity contribution in [2.45, 2.75) is 57.9 Å². The Labute approximate surface area is 386 Å². The maximum atomic E-state index is 12.5. The molecule has 0 atom stereocenters. The minimum absolute atomic E-state index is 0.0612. The average Bonchev–Trinajstić information content (AvgIpc) is 3.84. The first-order valence-corrected chi connectivity index (χ1v) is 23.0. The molecular formula is C50H54BrN7O7. The van der Waals surface area contributed by atoms with Crippen LogP contribution in [0.4, 0.5) is 5.82 Å². The lowest BCUT2D eigenvalue weighted by Gasteiger charge is -2.29. The second kappa shape index (κ2) is 21.7. The van der Waals surface area contributed by atoms with Crippen molar-refractivity contribution in [3.8, 4) is 34.4 Å². The third kappa shape index (κ3) is 11.0. The first-order valence-electron chi connectivity index (χ1n) is 22.2. The lowest BCUT2D eigenvalue weighted by atomic mass is 9.83. The van der Waals surface area contributed by atoms with E-state index in [-0.39, 0.29) is 30.1 Å². The molecule has 1 fully saturated rings. The Bertz CT molecular complexity index is 2730. The molecule has 0 bridgehead atoms. The van der Waals surface area contributed by atoms with Crippen LogP contribution >= 0.6 is 15.9 Å². The zero-order chi connectivity index (χ0) is 45.1. The van der Waals surface area contributed by atoms with E-state index in [1.807, 2.05) is 66.7 Å². The topological polar surface area (TPSA) is 181 Å². The molecule has 65 heavy (non-hydrogen) atoms. The molecular weight excluding hydrogens is 890 g/mol. The number of fused-ring (bicyclic) bond motifs is 2. The highest BCUT2D eigenvalue weighted by Gasteiger charge is 2.28. The van der Waals surface area contributed by atoms with Gasteiger partial charge in [0.1, 0.15) is 35.1 Å². The van der Waals surface area contributed by atoms with Crippen LogP contribution in [0.3, 0.4) is 0 Å². The molecule has 1 aliphatic rings. The maximum absolute atomic E-state index is 12.5. The number of nitrogen functional groups attached to an aromatic ring is 1. The predicted molar refractivity (Wildman–Crippen MR) is 255 cm³/mol. The lowest BCUT2D eigenvalue weighted by Crippen LogP contribution is -2.19. The zero-order valence-electron chi connectivity index (χ0n) is 36.4. The van der Waals surface area contributed by atoms with E-state index in [0.29, 0.717) is 79.1 Å². The normalized spacial score (nSPS) is 15.5. The molecule has 0 amide bonds. The number of hydrogen-bond donors (Lipinski definition) is 3. The predicted octanol–water partition coefficient (Wildman–Crippen LogP) is 10.1. The van der Waals surface area contributed by atoms with Gasteiger partial charge < -0.3 is 34.9 Å². The fourth-order valence-electron chi connectivity index (χ4n) is 8.61. The molecule has 0 saturated heterocycles. The van der Waals surface area contributed by atoms with Crippen molar-refractivity contribution in [2.75, 3.05) is 51.9 Å². The van der Waals surface area contributed by atoms with E-state index in [1.165, 1.54) is 24.2 Å². The van der Waals surface area contributed by atoms with Gasteiger partial charge in [-0.05, 0) is 105 Å². The molecule has 7 aromatic rings. The number of nitrogens with zero attached hydrogens (tertiary/aromatic N) is 6. The highest BCUT2D eigenvalue weighted by Crippen LogP contribution is 2.40. The van der Waals surface area contributed by atoms with Gasteiger partial charge in [-0.1, -0.05) is 59.1 Å². The van der Waals surface area contributed by atoms with Gasteiger partial charge in [0.2, 0.25) is 11.8 Å². The molecule has 3 heterocycles. The molecule has 4 aromatic carbocycles. The van der Waals surface area contributed by atoms with Gasteiger partial charge in [-0.15, -0.1) is 0 Å². The Morgan fingerprint density at radius 2 is 1.54 bits per heavy atom. The van der Waals surface area contributed by atoms with Gasteiger partial charge in [0.05, 0.1) is 67.8 Å². The maximum Gasteiger partial charge on any atom is 0.230 e. The number of aliphatic imine (C=N–C) groups is 1. The Hall–Kier alpha value is -6.13. The summed E-state index contributed by atoms with van der Waals surface area (Å²) in [6.45, 7) is 4.51. The van der Waals surface area contributed by atoms with Gasteiger partial charge in [-0.3, -0.25) is 14.4 Å². The molecule has 3 aromatic heterocycles. The van der Waals surface area contributed by atoms with Crippen LogP contribution < -0.4 is 10.5 Å².